The minimum absolute atomic E-state index is 0. The van der Waals surface area contributed by atoms with Crippen LogP contribution in [-0.4, -0.2) is 131 Å². The van der Waals surface area contributed by atoms with E-state index >= 15 is 0 Å². The van der Waals surface area contributed by atoms with E-state index in [-0.39, 0.29) is 19.4 Å². The first-order valence-electron chi connectivity index (χ1n) is 31.6. The lowest BCUT2D eigenvalue weighted by atomic mass is 10.2. The summed E-state index contributed by atoms with van der Waals surface area (Å²) in [7, 11) is 6.20. The van der Waals surface area contributed by atoms with Crippen LogP contribution in [0.15, 0.2) is 46.4 Å². The predicted molar refractivity (Wildman–Crippen MR) is 378 cm³/mol. The van der Waals surface area contributed by atoms with Crippen LogP contribution in [0, 0.1) is 19.8 Å². The lowest BCUT2D eigenvalue weighted by molar-refractivity contribution is 0.260. The van der Waals surface area contributed by atoms with Crippen molar-refractivity contribution in [2.75, 3.05) is 21.1 Å². The van der Waals surface area contributed by atoms with Crippen molar-refractivity contribution in [1.82, 2.24) is 89.3 Å². The Morgan fingerprint density at radius 1 is 0.432 bits per heavy atom. The molecular weight excluding hydrogens is 1260 g/mol. The zero-order valence-electron chi connectivity index (χ0n) is 59.4. The average Bonchev–Trinajstić information content (AvgIpc) is 4.52. The van der Waals surface area contributed by atoms with Gasteiger partial charge in [0.05, 0.1) is 30.0 Å². The van der Waals surface area contributed by atoms with Crippen LogP contribution < -0.4 is 16.0 Å². The highest BCUT2D eigenvalue weighted by Gasteiger charge is 2.18. The second kappa shape index (κ2) is 41.6. The molecule has 0 aliphatic carbocycles. The maximum absolute atomic E-state index is 13.8. The van der Waals surface area contributed by atoms with E-state index in [4.69, 9.17) is 11.6 Å². The molecule has 0 bridgehead atoms. The number of aromatic nitrogens is 12. The Morgan fingerprint density at radius 2 is 0.739 bits per heavy atom. The van der Waals surface area contributed by atoms with Gasteiger partial charge in [-0.1, -0.05) is 60.6 Å². The molecule has 0 amide bonds. The van der Waals surface area contributed by atoms with Crippen LogP contribution in [0.4, 0.5) is 4.39 Å². The van der Waals surface area contributed by atoms with Gasteiger partial charge in [0.25, 0.3) is 0 Å². The molecule has 506 valence electrons. The van der Waals surface area contributed by atoms with Crippen LogP contribution >= 0.6 is 43.5 Å². The Bertz CT molecular complexity index is 2500. The summed E-state index contributed by atoms with van der Waals surface area (Å²) in [5, 5.41) is 36.9. The molecule has 22 heteroatoms. The standard InChI is InChI=1S/C11H20BrN3.C11H20ClN3.C11H20FN3.2C11H21N3.C10H18BrN3.CH4/c3*1-8(2)14(5)7-10-6-13-15(9(3)4)11(10)12;2*1-8(2)12-6-11-7-14(9(3)4)13-10(11)5;1-7(2)12-5-9-6-14(8(3)4)13-10(9)11;/h3*6,8-9H,7H2,1-5H3;2*7-9,12H,6H2,1-5H3;6-8,12H,5H2,1-4H3;1H4. The van der Waals surface area contributed by atoms with E-state index in [9.17, 15) is 4.39 Å². The summed E-state index contributed by atoms with van der Waals surface area (Å²) in [6.45, 7) is 60.1. The molecule has 0 saturated carbocycles. The third-order valence-corrected chi connectivity index (χ3v) is 16.2. The molecule has 0 radical (unpaired) electrons. The second-order valence-electron chi connectivity index (χ2n) is 26.3. The van der Waals surface area contributed by atoms with Crippen LogP contribution in [0.1, 0.15) is 255 Å². The molecule has 0 aliphatic heterocycles. The molecule has 0 unspecified atom stereocenters. The van der Waals surface area contributed by atoms with Crippen LogP contribution in [0.25, 0.3) is 0 Å². The predicted octanol–water partition coefficient (Wildman–Crippen LogP) is 16.4. The van der Waals surface area contributed by atoms with E-state index in [1.807, 2.05) is 56.7 Å². The molecule has 6 aromatic rings. The number of hydrogen-bond acceptors (Lipinski definition) is 12. The van der Waals surface area contributed by atoms with Gasteiger partial charge >= 0.3 is 0 Å². The van der Waals surface area contributed by atoms with Gasteiger partial charge in [0.15, 0.2) is 0 Å². The number of halogens is 4. The minimum Gasteiger partial charge on any atom is -0.310 e. The number of nitrogens with one attached hydrogen (secondary N) is 3. The third kappa shape index (κ3) is 30.1. The number of hydrogen-bond donors (Lipinski definition) is 3. The van der Waals surface area contributed by atoms with Gasteiger partial charge < -0.3 is 16.0 Å². The van der Waals surface area contributed by atoms with Gasteiger partial charge in [-0.3, -0.25) is 38.1 Å². The maximum atomic E-state index is 13.8. The second-order valence-corrected chi connectivity index (χ2v) is 28.1. The highest BCUT2D eigenvalue weighted by atomic mass is 79.9. The van der Waals surface area contributed by atoms with Gasteiger partial charge in [-0.05, 0) is 191 Å². The third-order valence-electron chi connectivity index (χ3n) is 14.3. The SMILES string of the molecule is C.CC(C)N(C)Cc1cnn(C(C)C)c1Br.CC(C)N(C)Cc1cnn(C(C)C)c1Cl.CC(C)N(C)Cc1cnn(C(C)C)c1F.CC(C)NCc1cn(C(C)C)nc1Br.Cc1nn(C(C)C)cc1CNC(C)C.Cc1nn(C(C)C)cc1CNC(C)C. The summed E-state index contributed by atoms with van der Waals surface area (Å²) in [6.07, 6.45) is 11.8. The smallest absolute Gasteiger partial charge is 0.216 e. The van der Waals surface area contributed by atoms with Crippen LogP contribution in [-0.2, 0) is 39.3 Å². The van der Waals surface area contributed by atoms with Crippen molar-refractivity contribution < 1.29 is 4.39 Å². The van der Waals surface area contributed by atoms with Crippen molar-refractivity contribution in [3.05, 3.63) is 102 Å². The van der Waals surface area contributed by atoms with Gasteiger partial charge in [-0.2, -0.15) is 35.0 Å². The molecule has 0 aliphatic rings. The first-order valence-corrected chi connectivity index (χ1v) is 33.6. The van der Waals surface area contributed by atoms with E-state index in [0.29, 0.717) is 78.6 Å². The molecule has 3 N–H and O–H groups in total. The lowest BCUT2D eigenvalue weighted by Crippen LogP contribution is -2.26. The highest BCUT2D eigenvalue weighted by Crippen LogP contribution is 2.24. The Labute approximate surface area is 556 Å². The quantitative estimate of drug-likeness (QED) is 0.0529. The minimum atomic E-state index is -0.211. The molecule has 18 nitrogen and oxygen atoms in total. The number of rotatable bonds is 24. The molecule has 6 heterocycles. The summed E-state index contributed by atoms with van der Waals surface area (Å²) < 4.78 is 27.1. The van der Waals surface area contributed by atoms with Crippen LogP contribution in [0.2, 0.25) is 5.15 Å². The van der Waals surface area contributed by atoms with Crippen molar-refractivity contribution in [3.8, 4) is 0 Å². The van der Waals surface area contributed by atoms with E-state index in [2.05, 4.69) is 292 Å². The highest BCUT2D eigenvalue weighted by molar-refractivity contribution is 9.10. The molecule has 0 atom stereocenters. The molecule has 6 rings (SSSR count). The van der Waals surface area contributed by atoms with Crippen LogP contribution in [0.5, 0.6) is 0 Å². The Kier molecular flexibility index (Phi) is 39.8. The van der Waals surface area contributed by atoms with E-state index in [1.165, 1.54) is 26.9 Å². The van der Waals surface area contributed by atoms with E-state index in [0.717, 1.165) is 64.0 Å². The average molecular weight is 1380 g/mol. The molecule has 88 heavy (non-hydrogen) atoms. The molecule has 0 fully saturated rings. The Morgan fingerprint density at radius 3 is 1.05 bits per heavy atom. The monoisotopic (exact) mass is 1380 g/mol. The van der Waals surface area contributed by atoms with Crippen molar-refractivity contribution in [2.24, 2.45) is 0 Å². The van der Waals surface area contributed by atoms with Crippen molar-refractivity contribution in [3.63, 3.8) is 0 Å². The Balaban J connectivity index is 0.00000103. The Hall–Kier alpha value is -3.80. The summed E-state index contributed by atoms with van der Waals surface area (Å²) in [6, 6.07) is 5.13. The fourth-order valence-electron chi connectivity index (χ4n) is 7.55. The maximum Gasteiger partial charge on any atom is 0.216 e. The van der Waals surface area contributed by atoms with Gasteiger partial charge in [0.1, 0.15) is 14.4 Å². The van der Waals surface area contributed by atoms with E-state index in [1.54, 1.807) is 6.20 Å². The lowest BCUT2D eigenvalue weighted by Gasteiger charge is -2.20. The molecule has 0 saturated heterocycles. The molecule has 6 aromatic heterocycles. The van der Waals surface area contributed by atoms with Crippen molar-refractivity contribution in [1.29, 1.82) is 0 Å². The van der Waals surface area contributed by atoms with Gasteiger partial charge in [0.2, 0.25) is 5.95 Å². The summed E-state index contributed by atoms with van der Waals surface area (Å²) >= 11 is 13.3. The van der Waals surface area contributed by atoms with E-state index < -0.39 is 0 Å². The first-order chi connectivity index (χ1) is 40.3. The van der Waals surface area contributed by atoms with Crippen molar-refractivity contribution >= 4 is 43.5 Å². The van der Waals surface area contributed by atoms with Gasteiger partial charge in [0, 0.05) is 164 Å². The summed E-state index contributed by atoms with van der Waals surface area (Å²) in [5.41, 5.74) is 9.09. The molecule has 0 aromatic carbocycles. The zero-order chi connectivity index (χ0) is 66.9. The fourth-order valence-corrected chi connectivity index (χ4v) is 9.05. The normalized spacial score (nSPS) is 11.7. The zero-order valence-corrected chi connectivity index (χ0v) is 63.3. The first kappa shape index (κ1) is 84.2. The number of aryl methyl sites for hydroxylation is 2. The van der Waals surface area contributed by atoms with Gasteiger partial charge in [-0.25, -0.2) is 4.68 Å². The topological polar surface area (TPSA) is 153 Å². The largest absolute Gasteiger partial charge is 0.310 e. The van der Waals surface area contributed by atoms with Gasteiger partial charge in [-0.15, -0.1) is 0 Å². The fraction of sp³-hybridized carbons (Fsp3) is 0.727. The van der Waals surface area contributed by atoms with Crippen LogP contribution in [0.3, 0.4) is 0 Å². The molecule has 0 spiro atoms. The summed E-state index contributed by atoms with van der Waals surface area (Å²) in [4.78, 5) is 6.63. The van der Waals surface area contributed by atoms with Crippen molar-refractivity contribution in [2.45, 2.75) is 299 Å². The summed E-state index contributed by atoms with van der Waals surface area (Å²) in [5.74, 6) is -0.211. The molecular formula is C66H124Br2ClFN18. The number of nitrogens with zero attached hydrogens (tertiary/aromatic N) is 15.